The molecule has 1 N–H and O–H groups in total. The molecule has 11 heavy (non-hydrogen) atoms. The lowest BCUT2D eigenvalue weighted by molar-refractivity contribution is 0.427. The zero-order valence-electron chi connectivity index (χ0n) is 5.31. The zero-order chi connectivity index (χ0) is 8.43. The Morgan fingerprint density at radius 2 is 1.91 bits per heavy atom. The lowest BCUT2D eigenvalue weighted by atomic mass is 10.2. The maximum atomic E-state index is 12.5. The van der Waals surface area contributed by atoms with E-state index in [2.05, 4.69) is 0 Å². The van der Waals surface area contributed by atoms with Gasteiger partial charge in [0.1, 0.15) is 11.9 Å². The van der Waals surface area contributed by atoms with E-state index in [1.165, 1.54) is 6.07 Å². The molecule has 0 bridgehead atoms. The molecule has 0 aliphatic carbocycles. The SMILES string of the molecule is N#Cc1cc(O)c(F)cc1F. The number of hydrogen-bond acceptors (Lipinski definition) is 2. The molecule has 0 heterocycles. The maximum Gasteiger partial charge on any atom is 0.167 e. The monoisotopic (exact) mass is 155 g/mol. The highest BCUT2D eigenvalue weighted by Gasteiger charge is 2.07. The maximum absolute atomic E-state index is 12.5. The number of phenolic OH excluding ortho intramolecular Hbond substituents is 1. The lowest BCUT2D eigenvalue weighted by Crippen LogP contribution is -1.85. The normalized spacial score (nSPS) is 9.18. The first-order chi connectivity index (χ1) is 5.15. The lowest BCUT2D eigenvalue weighted by Gasteiger charge is -1.95. The Morgan fingerprint density at radius 3 is 2.45 bits per heavy atom. The molecule has 0 spiro atoms. The second kappa shape index (κ2) is 2.54. The minimum Gasteiger partial charge on any atom is -0.505 e. The molecule has 0 saturated carbocycles. The number of nitrogens with zero attached hydrogens (tertiary/aromatic N) is 1. The highest BCUT2D eigenvalue weighted by Crippen LogP contribution is 2.18. The van der Waals surface area contributed by atoms with Crippen LogP contribution >= 0.6 is 0 Å². The average Bonchev–Trinajstić information content (AvgIpc) is 1.97. The Morgan fingerprint density at radius 1 is 1.27 bits per heavy atom. The van der Waals surface area contributed by atoms with Crippen LogP contribution < -0.4 is 0 Å². The van der Waals surface area contributed by atoms with Crippen LogP contribution in [0.2, 0.25) is 0 Å². The van der Waals surface area contributed by atoms with Crippen LogP contribution in [0.5, 0.6) is 5.75 Å². The molecule has 0 amide bonds. The van der Waals surface area contributed by atoms with E-state index in [4.69, 9.17) is 10.4 Å². The quantitative estimate of drug-likeness (QED) is 0.617. The van der Waals surface area contributed by atoms with Crippen LogP contribution in [0.15, 0.2) is 12.1 Å². The van der Waals surface area contributed by atoms with Crippen molar-refractivity contribution in [3.8, 4) is 11.8 Å². The topological polar surface area (TPSA) is 44.0 Å². The fourth-order valence-electron chi connectivity index (χ4n) is 0.623. The fraction of sp³-hybridized carbons (Fsp3) is 0. The molecule has 1 aromatic carbocycles. The van der Waals surface area contributed by atoms with Crippen molar-refractivity contribution in [2.24, 2.45) is 0 Å². The van der Waals surface area contributed by atoms with Crippen LogP contribution in [0.25, 0.3) is 0 Å². The van der Waals surface area contributed by atoms with Crippen molar-refractivity contribution in [3.63, 3.8) is 0 Å². The second-order valence-electron chi connectivity index (χ2n) is 1.90. The van der Waals surface area contributed by atoms with E-state index in [1.54, 1.807) is 0 Å². The Kier molecular flexibility index (Phi) is 1.73. The van der Waals surface area contributed by atoms with Gasteiger partial charge in [0.15, 0.2) is 11.6 Å². The van der Waals surface area contributed by atoms with Gasteiger partial charge >= 0.3 is 0 Å². The summed E-state index contributed by atoms with van der Waals surface area (Å²) in [4.78, 5) is 0. The van der Waals surface area contributed by atoms with Gasteiger partial charge in [-0.1, -0.05) is 0 Å². The van der Waals surface area contributed by atoms with Crippen LogP contribution in [0, 0.1) is 23.0 Å². The van der Waals surface area contributed by atoms with E-state index >= 15 is 0 Å². The highest BCUT2D eigenvalue weighted by atomic mass is 19.1. The summed E-state index contributed by atoms with van der Waals surface area (Å²) in [5, 5.41) is 16.9. The van der Waals surface area contributed by atoms with Gasteiger partial charge in [-0.25, -0.2) is 8.78 Å². The molecule has 0 aliphatic heterocycles. The molecule has 2 nitrogen and oxygen atoms in total. The summed E-state index contributed by atoms with van der Waals surface area (Å²) in [6.07, 6.45) is 0. The molecule has 56 valence electrons. The summed E-state index contributed by atoms with van der Waals surface area (Å²) in [7, 11) is 0. The first-order valence-electron chi connectivity index (χ1n) is 2.73. The van der Waals surface area contributed by atoms with Crippen molar-refractivity contribution in [3.05, 3.63) is 29.3 Å². The summed E-state index contributed by atoms with van der Waals surface area (Å²) in [6, 6.07) is 2.67. The third-order valence-corrected chi connectivity index (χ3v) is 1.16. The van der Waals surface area contributed by atoms with Crippen molar-refractivity contribution in [2.75, 3.05) is 0 Å². The number of aromatic hydroxyl groups is 1. The van der Waals surface area contributed by atoms with Gasteiger partial charge in [0.05, 0.1) is 5.56 Å². The van der Waals surface area contributed by atoms with Gasteiger partial charge in [-0.15, -0.1) is 0 Å². The Bertz CT molecular complexity index is 330. The van der Waals surface area contributed by atoms with Crippen molar-refractivity contribution in [2.45, 2.75) is 0 Å². The average molecular weight is 155 g/mol. The second-order valence-corrected chi connectivity index (χ2v) is 1.90. The van der Waals surface area contributed by atoms with Crippen LogP contribution in [-0.4, -0.2) is 5.11 Å². The van der Waals surface area contributed by atoms with Crippen molar-refractivity contribution >= 4 is 0 Å². The summed E-state index contributed by atoms with van der Waals surface area (Å²) in [6.45, 7) is 0. The molecule has 1 rings (SSSR count). The van der Waals surface area contributed by atoms with Crippen molar-refractivity contribution in [1.82, 2.24) is 0 Å². The number of rotatable bonds is 0. The Hall–Kier alpha value is -1.63. The van der Waals surface area contributed by atoms with E-state index < -0.39 is 17.4 Å². The number of halogens is 2. The first kappa shape index (κ1) is 7.48. The van der Waals surface area contributed by atoms with Gasteiger partial charge in [-0.3, -0.25) is 0 Å². The smallest absolute Gasteiger partial charge is 0.167 e. The van der Waals surface area contributed by atoms with Gasteiger partial charge in [0.25, 0.3) is 0 Å². The minimum absolute atomic E-state index is 0.371. The third kappa shape index (κ3) is 1.27. The predicted octanol–water partition coefficient (Wildman–Crippen LogP) is 1.54. The molecule has 0 aliphatic rings. The van der Waals surface area contributed by atoms with Gasteiger partial charge < -0.3 is 5.11 Å². The largest absolute Gasteiger partial charge is 0.505 e. The van der Waals surface area contributed by atoms with Crippen molar-refractivity contribution in [1.29, 1.82) is 5.26 Å². The van der Waals surface area contributed by atoms with E-state index in [-0.39, 0.29) is 5.56 Å². The van der Waals surface area contributed by atoms with Crippen LogP contribution in [0.3, 0.4) is 0 Å². The standard InChI is InChI=1S/C7H3F2NO/c8-5-2-6(9)7(11)1-4(5)3-10/h1-2,11H. The summed E-state index contributed by atoms with van der Waals surface area (Å²) in [5.74, 6) is -2.76. The number of hydrogen-bond donors (Lipinski definition) is 1. The van der Waals surface area contributed by atoms with Crippen molar-refractivity contribution < 1.29 is 13.9 Å². The number of phenols is 1. The molecule has 0 saturated heterocycles. The van der Waals surface area contributed by atoms with Crippen LogP contribution in [0.1, 0.15) is 5.56 Å². The molecule has 0 atom stereocenters. The van der Waals surface area contributed by atoms with E-state index in [0.29, 0.717) is 6.07 Å². The predicted molar refractivity (Wildman–Crippen MR) is 32.7 cm³/mol. The van der Waals surface area contributed by atoms with Gasteiger partial charge in [-0.05, 0) is 0 Å². The minimum atomic E-state index is -1.07. The molecule has 0 radical (unpaired) electrons. The molecule has 4 heteroatoms. The highest BCUT2D eigenvalue weighted by molar-refractivity contribution is 5.37. The van der Waals surface area contributed by atoms with E-state index in [0.717, 1.165) is 6.07 Å². The molecule has 0 fully saturated rings. The van der Waals surface area contributed by atoms with E-state index in [9.17, 15) is 8.78 Å². The molecule has 1 aromatic rings. The Labute approximate surface area is 61.3 Å². The van der Waals surface area contributed by atoms with Crippen LogP contribution in [0.4, 0.5) is 8.78 Å². The summed E-state index contributed by atoms with van der Waals surface area (Å²) in [5.41, 5.74) is -0.371. The third-order valence-electron chi connectivity index (χ3n) is 1.16. The summed E-state index contributed by atoms with van der Waals surface area (Å²) >= 11 is 0. The zero-order valence-corrected chi connectivity index (χ0v) is 5.31. The Balaban J connectivity index is 3.35. The molecule has 0 aromatic heterocycles. The molecular weight excluding hydrogens is 152 g/mol. The van der Waals surface area contributed by atoms with Gasteiger partial charge in [0, 0.05) is 12.1 Å². The van der Waals surface area contributed by atoms with E-state index in [1.807, 2.05) is 0 Å². The molecular formula is C7H3F2NO. The number of benzene rings is 1. The van der Waals surface area contributed by atoms with Gasteiger partial charge in [-0.2, -0.15) is 5.26 Å². The number of nitriles is 1. The van der Waals surface area contributed by atoms with Gasteiger partial charge in [0.2, 0.25) is 0 Å². The first-order valence-corrected chi connectivity index (χ1v) is 2.73. The molecule has 0 unspecified atom stereocenters. The fourth-order valence-corrected chi connectivity index (χ4v) is 0.623. The van der Waals surface area contributed by atoms with Crippen LogP contribution in [-0.2, 0) is 0 Å². The summed E-state index contributed by atoms with van der Waals surface area (Å²) < 4.78 is 24.8.